The Bertz CT molecular complexity index is 86.2. The van der Waals surface area contributed by atoms with Crippen LogP contribution in [0.4, 0.5) is 0 Å². The molecule has 3 heteroatoms. The molecule has 0 radical (unpaired) electrons. The predicted molar refractivity (Wildman–Crippen MR) is 45.1 cm³/mol. The number of aliphatic hydroxyl groups excluding tert-OH is 1. The molecule has 0 aromatic carbocycles. The van der Waals surface area contributed by atoms with Crippen LogP contribution in [0.15, 0.2) is 0 Å². The van der Waals surface area contributed by atoms with Crippen LogP contribution in [0.5, 0.6) is 0 Å². The van der Waals surface area contributed by atoms with E-state index in [1.165, 1.54) is 0 Å². The largest absolute Gasteiger partial charge is 0.379 e. The Kier molecular flexibility index (Phi) is 6.51. The molecule has 2 N–H and O–H groups in total. The van der Waals surface area contributed by atoms with E-state index in [0.29, 0.717) is 0 Å². The second kappa shape index (κ2) is 6.58. The topological polar surface area (TPSA) is 41.5 Å². The van der Waals surface area contributed by atoms with Gasteiger partial charge in [-0.1, -0.05) is 13.8 Å². The lowest BCUT2D eigenvalue weighted by atomic mass is 10.4. The van der Waals surface area contributed by atoms with Gasteiger partial charge in [-0.05, 0) is 19.8 Å². The molecule has 0 aliphatic heterocycles. The van der Waals surface area contributed by atoms with Crippen LogP contribution in [-0.4, -0.2) is 24.2 Å². The van der Waals surface area contributed by atoms with E-state index in [0.717, 1.165) is 19.4 Å². The van der Waals surface area contributed by atoms with Crippen molar-refractivity contribution in [2.45, 2.75) is 46.1 Å². The quantitative estimate of drug-likeness (QED) is 0.573. The summed E-state index contributed by atoms with van der Waals surface area (Å²) < 4.78 is 5.38. The van der Waals surface area contributed by atoms with Gasteiger partial charge in [0.15, 0.2) is 0 Å². The van der Waals surface area contributed by atoms with Crippen molar-refractivity contribution >= 4 is 0 Å². The summed E-state index contributed by atoms with van der Waals surface area (Å²) >= 11 is 0. The summed E-state index contributed by atoms with van der Waals surface area (Å²) in [6, 6.07) is 0. The molecule has 2 atom stereocenters. The van der Waals surface area contributed by atoms with Crippen molar-refractivity contribution < 1.29 is 9.84 Å². The van der Waals surface area contributed by atoms with Crippen molar-refractivity contribution in [1.82, 2.24) is 5.32 Å². The minimum absolute atomic E-state index is 0.00468. The molecular weight excluding hydrogens is 142 g/mol. The third-order valence-electron chi connectivity index (χ3n) is 1.32. The zero-order valence-electron chi connectivity index (χ0n) is 7.63. The number of hydrogen-bond acceptors (Lipinski definition) is 3. The van der Waals surface area contributed by atoms with Crippen LogP contribution in [0.2, 0.25) is 0 Å². The van der Waals surface area contributed by atoms with E-state index >= 15 is 0 Å². The van der Waals surface area contributed by atoms with Crippen molar-refractivity contribution in [3.63, 3.8) is 0 Å². The SMILES string of the molecule is CCCOC(CC)NC(C)O. The van der Waals surface area contributed by atoms with E-state index in [2.05, 4.69) is 12.2 Å². The van der Waals surface area contributed by atoms with E-state index < -0.39 is 6.23 Å². The molecule has 2 unspecified atom stereocenters. The lowest BCUT2D eigenvalue weighted by Crippen LogP contribution is -2.37. The molecule has 0 fully saturated rings. The summed E-state index contributed by atoms with van der Waals surface area (Å²) in [4.78, 5) is 0. The Morgan fingerprint density at radius 3 is 2.45 bits per heavy atom. The zero-order chi connectivity index (χ0) is 8.69. The molecule has 0 spiro atoms. The van der Waals surface area contributed by atoms with Crippen molar-refractivity contribution in [3.8, 4) is 0 Å². The number of nitrogens with one attached hydrogen (secondary N) is 1. The molecule has 68 valence electrons. The number of ether oxygens (including phenoxy) is 1. The normalized spacial score (nSPS) is 16.4. The van der Waals surface area contributed by atoms with Gasteiger partial charge in [-0.25, -0.2) is 0 Å². The first-order valence-corrected chi connectivity index (χ1v) is 4.26. The Hall–Kier alpha value is -0.120. The molecule has 0 saturated carbocycles. The molecule has 0 aromatic rings. The lowest BCUT2D eigenvalue weighted by molar-refractivity contribution is -0.0114. The maximum Gasteiger partial charge on any atom is 0.109 e. The van der Waals surface area contributed by atoms with Crippen LogP contribution in [0.25, 0.3) is 0 Å². The van der Waals surface area contributed by atoms with Crippen molar-refractivity contribution in [2.75, 3.05) is 6.61 Å². The summed E-state index contributed by atoms with van der Waals surface area (Å²) in [5.74, 6) is 0. The van der Waals surface area contributed by atoms with E-state index in [4.69, 9.17) is 9.84 Å². The van der Waals surface area contributed by atoms with E-state index in [-0.39, 0.29) is 6.23 Å². The molecule has 0 bridgehead atoms. The maximum atomic E-state index is 8.96. The highest BCUT2D eigenvalue weighted by atomic mass is 16.5. The van der Waals surface area contributed by atoms with E-state index in [1.54, 1.807) is 6.92 Å². The fourth-order valence-corrected chi connectivity index (χ4v) is 0.813. The summed E-state index contributed by atoms with van der Waals surface area (Å²) in [6.45, 7) is 6.53. The summed E-state index contributed by atoms with van der Waals surface area (Å²) in [5.41, 5.74) is 0. The summed E-state index contributed by atoms with van der Waals surface area (Å²) in [5, 5.41) is 11.9. The average molecular weight is 161 g/mol. The average Bonchev–Trinajstić information content (AvgIpc) is 1.97. The third-order valence-corrected chi connectivity index (χ3v) is 1.32. The number of rotatable bonds is 6. The molecule has 0 amide bonds. The number of aliphatic hydroxyl groups is 1. The van der Waals surface area contributed by atoms with Gasteiger partial charge >= 0.3 is 0 Å². The fourth-order valence-electron chi connectivity index (χ4n) is 0.813. The van der Waals surface area contributed by atoms with Crippen LogP contribution in [0.3, 0.4) is 0 Å². The minimum atomic E-state index is -0.489. The first-order valence-electron chi connectivity index (χ1n) is 4.26. The van der Waals surface area contributed by atoms with Gasteiger partial charge in [0.1, 0.15) is 12.5 Å². The van der Waals surface area contributed by atoms with Crippen LogP contribution >= 0.6 is 0 Å². The van der Waals surface area contributed by atoms with Gasteiger partial charge in [0.05, 0.1) is 0 Å². The Morgan fingerprint density at radius 1 is 1.45 bits per heavy atom. The molecule has 0 aliphatic carbocycles. The van der Waals surface area contributed by atoms with Crippen LogP contribution < -0.4 is 5.32 Å². The highest BCUT2D eigenvalue weighted by Gasteiger charge is 2.06. The molecule has 0 heterocycles. The van der Waals surface area contributed by atoms with Gasteiger partial charge in [-0.15, -0.1) is 0 Å². The van der Waals surface area contributed by atoms with Gasteiger partial charge in [0, 0.05) is 6.61 Å². The smallest absolute Gasteiger partial charge is 0.109 e. The Labute approximate surface area is 68.8 Å². The van der Waals surface area contributed by atoms with Crippen molar-refractivity contribution in [1.29, 1.82) is 0 Å². The monoisotopic (exact) mass is 161 g/mol. The summed E-state index contributed by atoms with van der Waals surface area (Å²) in [7, 11) is 0. The van der Waals surface area contributed by atoms with E-state index in [1.807, 2.05) is 6.92 Å². The van der Waals surface area contributed by atoms with Crippen LogP contribution in [0.1, 0.15) is 33.6 Å². The minimum Gasteiger partial charge on any atom is -0.379 e. The maximum absolute atomic E-state index is 8.96. The van der Waals surface area contributed by atoms with Gasteiger partial charge in [-0.2, -0.15) is 0 Å². The molecule has 0 aliphatic rings. The molecule has 11 heavy (non-hydrogen) atoms. The summed E-state index contributed by atoms with van der Waals surface area (Å²) in [6.07, 6.45) is 1.40. The zero-order valence-corrected chi connectivity index (χ0v) is 7.63. The molecule has 0 aromatic heterocycles. The predicted octanol–water partition coefficient (Wildman–Crippen LogP) is 1.08. The lowest BCUT2D eigenvalue weighted by Gasteiger charge is -2.18. The third kappa shape index (κ3) is 6.28. The highest BCUT2D eigenvalue weighted by molar-refractivity contribution is 4.52. The Morgan fingerprint density at radius 2 is 2.09 bits per heavy atom. The second-order valence-corrected chi connectivity index (χ2v) is 2.61. The molecule has 0 saturated heterocycles. The fraction of sp³-hybridized carbons (Fsp3) is 1.00. The van der Waals surface area contributed by atoms with Crippen LogP contribution in [0, 0.1) is 0 Å². The van der Waals surface area contributed by atoms with Crippen molar-refractivity contribution in [2.24, 2.45) is 0 Å². The van der Waals surface area contributed by atoms with Gasteiger partial charge < -0.3 is 9.84 Å². The molecular formula is C8H19NO2. The van der Waals surface area contributed by atoms with Crippen LogP contribution in [-0.2, 0) is 4.74 Å². The van der Waals surface area contributed by atoms with E-state index in [9.17, 15) is 0 Å². The highest BCUT2D eigenvalue weighted by Crippen LogP contribution is 1.95. The standard InChI is InChI=1S/C8H19NO2/c1-4-6-11-8(5-2)9-7(3)10/h7-10H,4-6H2,1-3H3. The van der Waals surface area contributed by atoms with Crippen molar-refractivity contribution in [3.05, 3.63) is 0 Å². The second-order valence-electron chi connectivity index (χ2n) is 2.61. The van der Waals surface area contributed by atoms with Gasteiger partial charge in [0.25, 0.3) is 0 Å². The van der Waals surface area contributed by atoms with Gasteiger partial charge in [0.2, 0.25) is 0 Å². The number of hydrogen-bond donors (Lipinski definition) is 2. The first kappa shape index (κ1) is 10.9. The molecule has 0 rings (SSSR count). The van der Waals surface area contributed by atoms with Gasteiger partial charge in [-0.3, -0.25) is 5.32 Å². The first-order chi connectivity index (χ1) is 5.20. The molecule has 3 nitrogen and oxygen atoms in total. The Balaban J connectivity index is 3.41.